The Morgan fingerprint density at radius 2 is 2.00 bits per heavy atom. The van der Waals surface area contributed by atoms with Gasteiger partial charge in [-0.2, -0.15) is 4.98 Å². The summed E-state index contributed by atoms with van der Waals surface area (Å²) in [6, 6.07) is 16.0. The highest BCUT2D eigenvalue weighted by Gasteiger charge is 2.09. The van der Waals surface area contributed by atoms with Gasteiger partial charge in [0.05, 0.1) is 13.2 Å². The van der Waals surface area contributed by atoms with E-state index in [0.717, 1.165) is 16.8 Å². The highest BCUT2D eigenvalue weighted by atomic mass is 16.5. The molecular weight excluding hydrogens is 290 g/mol. The van der Waals surface area contributed by atoms with Gasteiger partial charge in [-0.15, -0.1) is 0 Å². The second kappa shape index (κ2) is 7.07. The van der Waals surface area contributed by atoms with Crippen molar-refractivity contribution >= 4 is 5.69 Å². The van der Waals surface area contributed by atoms with Crippen molar-refractivity contribution < 1.29 is 9.26 Å². The summed E-state index contributed by atoms with van der Waals surface area (Å²) in [7, 11) is 1.68. The molecule has 0 radical (unpaired) electrons. The van der Waals surface area contributed by atoms with Gasteiger partial charge in [-0.3, -0.25) is 0 Å². The summed E-state index contributed by atoms with van der Waals surface area (Å²) in [5, 5.41) is 7.36. The first kappa shape index (κ1) is 15.2. The van der Waals surface area contributed by atoms with Crippen LogP contribution in [-0.4, -0.2) is 17.3 Å². The van der Waals surface area contributed by atoms with Crippen LogP contribution in [0.25, 0.3) is 11.4 Å². The van der Waals surface area contributed by atoms with E-state index in [9.17, 15) is 0 Å². The summed E-state index contributed by atoms with van der Waals surface area (Å²) < 4.78 is 10.5. The van der Waals surface area contributed by atoms with Gasteiger partial charge in [-0.25, -0.2) is 0 Å². The van der Waals surface area contributed by atoms with E-state index in [1.54, 1.807) is 7.11 Å². The van der Waals surface area contributed by atoms with Crippen molar-refractivity contribution in [1.82, 2.24) is 10.1 Å². The number of hydrogen-bond acceptors (Lipinski definition) is 5. The van der Waals surface area contributed by atoms with Crippen LogP contribution in [0.3, 0.4) is 0 Å². The number of nitrogens with zero attached hydrogens (tertiary/aromatic N) is 2. The molecule has 0 aliphatic carbocycles. The first-order valence-corrected chi connectivity index (χ1v) is 7.46. The summed E-state index contributed by atoms with van der Waals surface area (Å²) in [6.07, 6.45) is 0. The average molecular weight is 309 g/mol. The molecule has 0 unspecified atom stereocenters. The van der Waals surface area contributed by atoms with E-state index in [2.05, 4.69) is 15.5 Å². The number of hydrogen-bond donors (Lipinski definition) is 1. The number of ether oxygens (including phenoxy) is 1. The Morgan fingerprint density at radius 3 is 2.83 bits per heavy atom. The Bertz CT molecular complexity index is 783. The van der Waals surface area contributed by atoms with Gasteiger partial charge in [0.25, 0.3) is 0 Å². The van der Waals surface area contributed by atoms with Crippen LogP contribution in [0.15, 0.2) is 53.1 Å². The zero-order chi connectivity index (χ0) is 16.1. The Labute approximate surface area is 135 Å². The zero-order valence-electron chi connectivity index (χ0n) is 13.2. The fourth-order valence-electron chi connectivity index (χ4n) is 2.37. The van der Waals surface area contributed by atoms with Gasteiger partial charge in [0.2, 0.25) is 11.7 Å². The fraction of sp³-hybridized carbons (Fsp3) is 0.222. The van der Waals surface area contributed by atoms with Crippen molar-refractivity contribution in [3.63, 3.8) is 0 Å². The van der Waals surface area contributed by atoms with E-state index in [0.29, 0.717) is 24.9 Å². The molecule has 23 heavy (non-hydrogen) atoms. The number of aromatic nitrogens is 2. The minimum Gasteiger partial charge on any atom is -0.380 e. The minimum absolute atomic E-state index is 0.472. The summed E-state index contributed by atoms with van der Waals surface area (Å²) in [4.78, 5) is 4.44. The molecule has 0 atom stereocenters. The molecule has 3 rings (SSSR count). The maximum atomic E-state index is 5.33. The molecule has 0 aliphatic heterocycles. The molecule has 0 fully saturated rings. The highest BCUT2D eigenvalue weighted by Crippen LogP contribution is 2.19. The number of nitrogens with one attached hydrogen (secondary N) is 1. The topological polar surface area (TPSA) is 60.2 Å². The van der Waals surface area contributed by atoms with Gasteiger partial charge in [0.15, 0.2) is 0 Å². The largest absolute Gasteiger partial charge is 0.380 e. The molecule has 0 saturated heterocycles. The van der Waals surface area contributed by atoms with Crippen molar-refractivity contribution in [2.24, 2.45) is 0 Å². The normalized spacial score (nSPS) is 10.7. The van der Waals surface area contributed by atoms with Gasteiger partial charge >= 0.3 is 0 Å². The van der Waals surface area contributed by atoms with Crippen LogP contribution in [0.5, 0.6) is 0 Å². The molecule has 0 spiro atoms. The van der Waals surface area contributed by atoms with Gasteiger partial charge in [-0.1, -0.05) is 47.1 Å². The lowest BCUT2D eigenvalue weighted by atomic mass is 10.1. The van der Waals surface area contributed by atoms with E-state index < -0.39 is 0 Å². The van der Waals surface area contributed by atoms with Crippen molar-refractivity contribution in [2.45, 2.75) is 20.1 Å². The van der Waals surface area contributed by atoms with Crippen LogP contribution >= 0.6 is 0 Å². The third-order valence-corrected chi connectivity index (χ3v) is 3.49. The second-order valence-electron chi connectivity index (χ2n) is 5.32. The van der Waals surface area contributed by atoms with E-state index in [1.807, 2.05) is 55.5 Å². The lowest BCUT2D eigenvalue weighted by Gasteiger charge is -2.09. The summed E-state index contributed by atoms with van der Waals surface area (Å²) >= 11 is 0. The molecule has 1 aromatic heterocycles. The molecule has 0 amide bonds. The maximum absolute atomic E-state index is 5.33. The molecule has 118 valence electrons. The SMILES string of the molecule is COCc1ccccc1NCc1nc(-c2cccc(C)c2)no1. The first-order valence-electron chi connectivity index (χ1n) is 7.46. The van der Waals surface area contributed by atoms with Crippen LogP contribution in [0.1, 0.15) is 17.0 Å². The van der Waals surface area contributed by atoms with Gasteiger partial charge < -0.3 is 14.6 Å². The molecule has 3 aromatic rings. The number of methoxy groups -OCH3 is 1. The van der Waals surface area contributed by atoms with Gasteiger partial charge in [-0.05, 0) is 19.1 Å². The minimum atomic E-state index is 0.472. The average Bonchev–Trinajstić information content (AvgIpc) is 3.03. The second-order valence-corrected chi connectivity index (χ2v) is 5.32. The van der Waals surface area contributed by atoms with Gasteiger partial charge in [0.1, 0.15) is 0 Å². The van der Waals surface area contributed by atoms with Crippen LogP contribution in [0, 0.1) is 6.92 Å². The Hall–Kier alpha value is -2.66. The Morgan fingerprint density at radius 1 is 1.13 bits per heavy atom. The van der Waals surface area contributed by atoms with E-state index in [-0.39, 0.29) is 0 Å². The van der Waals surface area contributed by atoms with Crippen LogP contribution in [-0.2, 0) is 17.9 Å². The van der Waals surface area contributed by atoms with Crippen molar-refractivity contribution in [3.8, 4) is 11.4 Å². The molecule has 0 bridgehead atoms. The predicted octanol–water partition coefficient (Wildman–Crippen LogP) is 3.80. The monoisotopic (exact) mass is 309 g/mol. The standard InChI is InChI=1S/C18H19N3O2/c1-13-6-5-8-14(10-13)18-20-17(23-21-18)11-19-16-9-4-3-7-15(16)12-22-2/h3-10,19H,11-12H2,1-2H3. The number of anilines is 1. The first-order chi connectivity index (χ1) is 11.3. The van der Waals surface area contributed by atoms with Crippen LogP contribution in [0.2, 0.25) is 0 Å². The van der Waals surface area contributed by atoms with E-state index in [4.69, 9.17) is 9.26 Å². The van der Waals surface area contributed by atoms with E-state index >= 15 is 0 Å². The number of benzene rings is 2. The third kappa shape index (κ3) is 3.76. The number of aryl methyl sites for hydroxylation is 1. The van der Waals surface area contributed by atoms with Crippen molar-refractivity contribution in [1.29, 1.82) is 0 Å². The Kier molecular flexibility index (Phi) is 4.68. The van der Waals surface area contributed by atoms with Crippen LogP contribution < -0.4 is 5.32 Å². The lowest BCUT2D eigenvalue weighted by molar-refractivity contribution is 0.185. The summed E-state index contributed by atoms with van der Waals surface area (Å²) in [6.45, 7) is 3.07. The van der Waals surface area contributed by atoms with Crippen molar-refractivity contribution in [2.75, 3.05) is 12.4 Å². The molecule has 0 aliphatic rings. The molecule has 2 aromatic carbocycles. The highest BCUT2D eigenvalue weighted by molar-refractivity contribution is 5.55. The maximum Gasteiger partial charge on any atom is 0.246 e. The molecule has 1 heterocycles. The fourth-order valence-corrected chi connectivity index (χ4v) is 2.37. The number of rotatable bonds is 6. The van der Waals surface area contributed by atoms with E-state index in [1.165, 1.54) is 5.56 Å². The summed E-state index contributed by atoms with van der Waals surface area (Å²) in [5.41, 5.74) is 4.22. The van der Waals surface area contributed by atoms with Crippen LogP contribution in [0.4, 0.5) is 5.69 Å². The lowest BCUT2D eigenvalue weighted by Crippen LogP contribution is -2.03. The third-order valence-electron chi connectivity index (χ3n) is 3.49. The summed E-state index contributed by atoms with van der Waals surface area (Å²) in [5.74, 6) is 1.16. The Balaban J connectivity index is 1.70. The molecule has 0 saturated carbocycles. The molecule has 5 heteroatoms. The molecule has 1 N–H and O–H groups in total. The number of para-hydroxylation sites is 1. The molecular formula is C18H19N3O2. The molecule has 5 nitrogen and oxygen atoms in total. The zero-order valence-corrected chi connectivity index (χ0v) is 13.2. The van der Waals surface area contributed by atoms with Crippen molar-refractivity contribution in [3.05, 3.63) is 65.5 Å². The van der Waals surface area contributed by atoms with Gasteiger partial charge in [0, 0.05) is 23.9 Å². The smallest absolute Gasteiger partial charge is 0.246 e. The quantitative estimate of drug-likeness (QED) is 0.750. The predicted molar refractivity (Wildman–Crippen MR) is 89.0 cm³/mol.